The second kappa shape index (κ2) is 4.86. The molecule has 2 unspecified atom stereocenters. The third kappa shape index (κ3) is 2.75. The van der Waals surface area contributed by atoms with E-state index < -0.39 is 0 Å². The molecular formula is C14H27N. The van der Waals surface area contributed by atoms with Crippen LogP contribution >= 0.6 is 0 Å². The number of rotatable bonds is 4. The molecule has 1 nitrogen and oxygen atoms in total. The van der Waals surface area contributed by atoms with E-state index in [1.807, 2.05) is 0 Å². The third-order valence-corrected chi connectivity index (χ3v) is 4.99. The second-order valence-corrected chi connectivity index (χ2v) is 5.96. The van der Waals surface area contributed by atoms with Gasteiger partial charge in [-0.3, -0.25) is 0 Å². The van der Waals surface area contributed by atoms with E-state index >= 15 is 0 Å². The fraction of sp³-hybridized carbons (Fsp3) is 1.00. The lowest BCUT2D eigenvalue weighted by molar-refractivity contribution is 0.199. The van der Waals surface area contributed by atoms with Crippen molar-refractivity contribution in [3.63, 3.8) is 0 Å². The Morgan fingerprint density at radius 2 is 1.53 bits per heavy atom. The smallest absolute Gasteiger partial charge is 0.00956 e. The van der Waals surface area contributed by atoms with E-state index in [9.17, 15) is 0 Å². The Kier molecular flexibility index (Phi) is 3.71. The Morgan fingerprint density at radius 3 is 2.00 bits per heavy atom. The summed E-state index contributed by atoms with van der Waals surface area (Å²) in [7, 11) is 0. The molecule has 2 aliphatic carbocycles. The maximum atomic E-state index is 6.42. The predicted molar refractivity (Wildman–Crippen MR) is 65.6 cm³/mol. The molecule has 2 aliphatic rings. The summed E-state index contributed by atoms with van der Waals surface area (Å²) in [4.78, 5) is 0. The molecule has 0 aromatic carbocycles. The van der Waals surface area contributed by atoms with Gasteiger partial charge in [-0.05, 0) is 49.4 Å². The Balaban J connectivity index is 1.78. The maximum absolute atomic E-state index is 6.42. The molecule has 0 spiro atoms. The van der Waals surface area contributed by atoms with Gasteiger partial charge < -0.3 is 5.73 Å². The lowest BCUT2D eigenvalue weighted by atomic mass is 9.74. The van der Waals surface area contributed by atoms with Gasteiger partial charge in [0.25, 0.3) is 0 Å². The molecule has 88 valence electrons. The van der Waals surface area contributed by atoms with E-state index in [-0.39, 0.29) is 0 Å². The van der Waals surface area contributed by atoms with Gasteiger partial charge >= 0.3 is 0 Å². The van der Waals surface area contributed by atoms with Crippen molar-refractivity contribution in [2.24, 2.45) is 29.4 Å². The monoisotopic (exact) mass is 209 g/mol. The molecule has 0 bridgehead atoms. The first-order chi connectivity index (χ1) is 7.22. The zero-order valence-corrected chi connectivity index (χ0v) is 10.4. The van der Waals surface area contributed by atoms with Gasteiger partial charge in [0.05, 0.1) is 0 Å². The van der Waals surface area contributed by atoms with Crippen LogP contribution in [0.5, 0.6) is 0 Å². The van der Waals surface area contributed by atoms with E-state index in [2.05, 4.69) is 13.8 Å². The van der Waals surface area contributed by atoms with E-state index in [1.165, 1.54) is 44.9 Å². The average Bonchev–Trinajstić information content (AvgIpc) is 3.11. The summed E-state index contributed by atoms with van der Waals surface area (Å²) in [5.74, 6) is 3.60. The van der Waals surface area contributed by atoms with Crippen LogP contribution in [-0.4, -0.2) is 6.04 Å². The average molecular weight is 209 g/mol. The fourth-order valence-corrected chi connectivity index (χ4v) is 3.35. The zero-order valence-electron chi connectivity index (χ0n) is 10.4. The van der Waals surface area contributed by atoms with Crippen LogP contribution in [0, 0.1) is 23.7 Å². The molecule has 0 radical (unpaired) electrons. The minimum atomic E-state index is 0.496. The van der Waals surface area contributed by atoms with Crippen LogP contribution in [0.25, 0.3) is 0 Å². The van der Waals surface area contributed by atoms with Gasteiger partial charge in [-0.25, -0.2) is 0 Å². The van der Waals surface area contributed by atoms with Crippen LogP contribution in [0.15, 0.2) is 0 Å². The van der Waals surface area contributed by atoms with Crippen molar-refractivity contribution >= 4 is 0 Å². The van der Waals surface area contributed by atoms with Crippen molar-refractivity contribution in [2.45, 2.75) is 64.8 Å². The van der Waals surface area contributed by atoms with Gasteiger partial charge in [0.2, 0.25) is 0 Å². The summed E-state index contributed by atoms with van der Waals surface area (Å²) in [6.07, 6.45) is 9.93. The highest BCUT2D eigenvalue weighted by Gasteiger charge is 2.36. The summed E-state index contributed by atoms with van der Waals surface area (Å²) < 4.78 is 0. The van der Waals surface area contributed by atoms with Crippen molar-refractivity contribution in [1.82, 2.24) is 0 Å². The summed E-state index contributed by atoms with van der Waals surface area (Å²) in [6, 6.07) is 0.496. The molecule has 2 atom stereocenters. The highest BCUT2D eigenvalue weighted by atomic mass is 14.7. The largest absolute Gasteiger partial charge is 0.327 e. The maximum Gasteiger partial charge on any atom is 0.00956 e. The van der Waals surface area contributed by atoms with Crippen LogP contribution in [0.4, 0.5) is 0 Å². The van der Waals surface area contributed by atoms with Gasteiger partial charge in [-0.15, -0.1) is 0 Å². The molecule has 0 aromatic rings. The van der Waals surface area contributed by atoms with Crippen LogP contribution in [0.2, 0.25) is 0 Å². The van der Waals surface area contributed by atoms with Crippen molar-refractivity contribution < 1.29 is 0 Å². The molecule has 15 heavy (non-hydrogen) atoms. The van der Waals surface area contributed by atoms with Crippen molar-refractivity contribution in [3.05, 3.63) is 0 Å². The van der Waals surface area contributed by atoms with E-state index in [0.717, 1.165) is 23.7 Å². The zero-order chi connectivity index (χ0) is 10.8. The first kappa shape index (κ1) is 11.4. The number of hydrogen-bond acceptors (Lipinski definition) is 1. The Hall–Kier alpha value is -0.0400. The van der Waals surface area contributed by atoms with Gasteiger partial charge in [0, 0.05) is 6.04 Å². The Bertz CT molecular complexity index is 190. The quantitative estimate of drug-likeness (QED) is 0.752. The van der Waals surface area contributed by atoms with E-state index in [1.54, 1.807) is 0 Å². The van der Waals surface area contributed by atoms with Gasteiger partial charge in [0.1, 0.15) is 0 Å². The highest BCUT2D eigenvalue weighted by Crippen LogP contribution is 2.42. The lowest BCUT2D eigenvalue weighted by Gasteiger charge is -2.34. The molecule has 2 saturated carbocycles. The summed E-state index contributed by atoms with van der Waals surface area (Å²) in [6.45, 7) is 4.71. The van der Waals surface area contributed by atoms with Crippen LogP contribution in [-0.2, 0) is 0 Å². The molecule has 0 aromatic heterocycles. The normalized spacial score (nSPS) is 36.2. The first-order valence-corrected chi connectivity index (χ1v) is 6.98. The molecular weight excluding hydrogens is 182 g/mol. The number of hydrogen-bond donors (Lipinski definition) is 1. The molecule has 2 fully saturated rings. The van der Waals surface area contributed by atoms with Gasteiger partial charge in [-0.1, -0.05) is 33.1 Å². The van der Waals surface area contributed by atoms with Crippen molar-refractivity contribution in [3.8, 4) is 0 Å². The van der Waals surface area contributed by atoms with Gasteiger partial charge in [0.15, 0.2) is 0 Å². The van der Waals surface area contributed by atoms with Crippen LogP contribution in [0.3, 0.4) is 0 Å². The van der Waals surface area contributed by atoms with Crippen LogP contribution in [0.1, 0.15) is 58.8 Å². The molecule has 0 heterocycles. The summed E-state index contributed by atoms with van der Waals surface area (Å²) in [5.41, 5.74) is 6.42. The molecule has 0 amide bonds. The van der Waals surface area contributed by atoms with E-state index in [4.69, 9.17) is 5.73 Å². The predicted octanol–water partition coefficient (Wildman–Crippen LogP) is 3.58. The molecule has 0 aliphatic heterocycles. The summed E-state index contributed by atoms with van der Waals surface area (Å²) in [5, 5.41) is 0. The topological polar surface area (TPSA) is 26.0 Å². The second-order valence-electron chi connectivity index (χ2n) is 5.96. The fourth-order valence-electron chi connectivity index (χ4n) is 3.35. The lowest BCUT2D eigenvalue weighted by Crippen LogP contribution is -2.39. The summed E-state index contributed by atoms with van der Waals surface area (Å²) >= 11 is 0. The van der Waals surface area contributed by atoms with Crippen molar-refractivity contribution in [1.29, 1.82) is 0 Å². The molecule has 2 rings (SSSR count). The standard InChI is InChI=1S/C14H27N/c1-3-11-4-6-13(7-5-11)14(15)10(2)12-8-9-12/h10-14H,3-9,15H2,1-2H3. The number of nitrogens with two attached hydrogens (primary N) is 1. The third-order valence-electron chi connectivity index (χ3n) is 4.99. The molecule has 1 heteroatoms. The minimum absolute atomic E-state index is 0.496. The van der Waals surface area contributed by atoms with Gasteiger partial charge in [-0.2, -0.15) is 0 Å². The Morgan fingerprint density at radius 1 is 1.00 bits per heavy atom. The molecule has 0 saturated heterocycles. The Labute approximate surface area is 94.8 Å². The molecule has 2 N–H and O–H groups in total. The first-order valence-electron chi connectivity index (χ1n) is 6.98. The van der Waals surface area contributed by atoms with E-state index in [0.29, 0.717) is 6.04 Å². The highest BCUT2D eigenvalue weighted by molar-refractivity contribution is 4.89. The SMILES string of the molecule is CCC1CCC(C(N)C(C)C2CC2)CC1. The minimum Gasteiger partial charge on any atom is -0.327 e. The van der Waals surface area contributed by atoms with Crippen molar-refractivity contribution in [2.75, 3.05) is 0 Å². The van der Waals surface area contributed by atoms with Crippen LogP contribution < -0.4 is 5.73 Å².